The highest BCUT2D eigenvalue weighted by Crippen LogP contribution is 2.22. The fourth-order valence-corrected chi connectivity index (χ4v) is 2.64. The maximum Gasteiger partial charge on any atom is 0.380 e. The van der Waals surface area contributed by atoms with E-state index in [4.69, 9.17) is 5.14 Å². The zero-order valence-electron chi connectivity index (χ0n) is 13.0. The Bertz CT molecular complexity index is 949. The average molecular weight is 344 g/mol. The van der Waals surface area contributed by atoms with Crippen LogP contribution in [0.1, 0.15) is 12.5 Å². The van der Waals surface area contributed by atoms with Crippen LogP contribution in [-0.2, 0) is 16.7 Å². The normalized spacial score (nSPS) is 11.4. The number of aryl methyl sites for hydroxylation is 1. The molecule has 124 valence electrons. The molecule has 0 unspecified atom stereocenters. The van der Waals surface area contributed by atoms with E-state index in [9.17, 15) is 8.42 Å². The Morgan fingerprint density at radius 1 is 1.17 bits per heavy atom. The first-order valence-corrected chi connectivity index (χ1v) is 8.76. The van der Waals surface area contributed by atoms with E-state index in [-0.39, 0.29) is 5.75 Å². The molecule has 1 aromatic heterocycles. The number of nitrogens with two attached hydrogens (primary N) is 1. The number of nitrogens with zero attached hydrogens (tertiary/aromatic N) is 3. The first-order chi connectivity index (χ1) is 11.4. The molecular weight excluding hydrogens is 328 g/mol. The van der Waals surface area contributed by atoms with Gasteiger partial charge in [0.25, 0.3) is 0 Å². The second-order valence-electron chi connectivity index (χ2n) is 5.17. The van der Waals surface area contributed by atoms with Crippen molar-refractivity contribution in [2.24, 2.45) is 5.14 Å². The Kier molecular flexibility index (Phi) is 4.32. The van der Waals surface area contributed by atoms with Crippen LogP contribution in [-0.4, -0.2) is 23.4 Å². The van der Waals surface area contributed by atoms with Crippen LogP contribution in [0, 0.1) is 0 Å². The van der Waals surface area contributed by atoms with Crippen LogP contribution in [0.15, 0.2) is 54.7 Å². The van der Waals surface area contributed by atoms with E-state index in [1.165, 1.54) is 17.7 Å². The van der Waals surface area contributed by atoms with Gasteiger partial charge in [-0.15, -0.1) is 5.10 Å². The molecule has 0 radical (unpaired) electrons. The van der Waals surface area contributed by atoms with Crippen molar-refractivity contribution < 1.29 is 12.6 Å². The highest BCUT2D eigenvalue weighted by atomic mass is 32.2. The SMILES string of the molecule is CCc1cccc(-n2cc(-c3ccc(OS(N)(=O)=O)cc3)nn2)c1. The van der Waals surface area contributed by atoms with Crippen LogP contribution in [0.5, 0.6) is 5.75 Å². The van der Waals surface area contributed by atoms with Crippen LogP contribution in [0.3, 0.4) is 0 Å². The van der Waals surface area contributed by atoms with E-state index in [0.29, 0.717) is 5.69 Å². The van der Waals surface area contributed by atoms with Gasteiger partial charge in [-0.3, -0.25) is 0 Å². The predicted molar refractivity (Wildman–Crippen MR) is 89.9 cm³/mol. The molecule has 0 atom stereocenters. The van der Waals surface area contributed by atoms with Gasteiger partial charge in [0.2, 0.25) is 0 Å². The molecule has 0 saturated carbocycles. The van der Waals surface area contributed by atoms with Crippen molar-refractivity contribution in [3.05, 3.63) is 60.3 Å². The van der Waals surface area contributed by atoms with E-state index in [2.05, 4.69) is 33.6 Å². The molecule has 2 N–H and O–H groups in total. The second-order valence-corrected chi connectivity index (χ2v) is 6.32. The Labute approximate surface area is 139 Å². The molecule has 7 nitrogen and oxygen atoms in total. The van der Waals surface area contributed by atoms with E-state index >= 15 is 0 Å². The lowest BCUT2D eigenvalue weighted by Crippen LogP contribution is -2.18. The molecule has 0 aliphatic rings. The van der Waals surface area contributed by atoms with E-state index in [1.54, 1.807) is 16.8 Å². The van der Waals surface area contributed by atoms with E-state index in [0.717, 1.165) is 17.7 Å². The van der Waals surface area contributed by atoms with Gasteiger partial charge in [0, 0.05) is 5.56 Å². The molecule has 3 rings (SSSR count). The maximum absolute atomic E-state index is 10.9. The third-order valence-corrected chi connectivity index (χ3v) is 3.86. The summed E-state index contributed by atoms with van der Waals surface area (Å²) in [6.45, 7) is 2.09. The monoisotopic (exact) mass is 344 g/mol. The molecule has 0 aliphatic carbocycles. The molecule has 0 aliphatic heterocycles. The Hall–Kier alpha value is -2.71. The topological polar surface area (TPSA) is 100 Å². The van der Waals surface area contributed by atoms with Crippen molar-refractivity contribution in [2.45, 2.75) is 13.3 Å². The van der Waals surface area contributed by atoms with Crippen molar-refractivity contribution in [3.8, 4) is 22.7 Å². The summed E-state index contributed by atoms with van der Waals surface area (Å²) in [4.78, 5) is 0. The Balaban J connectivity index is 1.85. The lowest BCUT2D eigenvalue weighted by atomic mass is 10.1. The standard InChI is InChI=1S/C16H16N4O3S/c1-2-12-4-3-5-14(10-12)20-11-16(18-19-20)13-6-8-15(9-7-13)23-24(17,21)22/h3-11H,2H2,1H3,(H2,17,21,22). The molecule has 8 heteroatoms. The third-order valence-electron chi connectivity index (χ3n) is 3.44. The van der Waals surface area contributed by atoms with Crippen molar-refractivity contribution in [3.63, 3.8) is 0 Å². The third kappa shape index (κ3) is 3.79. The quantitative estimate of drug-likeness (QED) is 0.764. The van der Waals surface area contributed by atoms with Gasteiger partial charge in [-0.1, -0.05) is 24.3 Å². The number of hydrogen-bond acceptors (Lipinski definition) is 5. The van der Waals surface area contributed by atoms with Crippen molar-refractivity contribution in [2.75, 3.05) is 0 Å². The minimum atomic E-state index is -4.03. The Morgan fingerprint density at radius 2 is 1.92 bits per heavy atom. The molecule has 1 heterocycles. The van der Waals surface area contributed by atoms with Gasteiger partial charge >= 0.3 is 10.3 Å². The largest absolute Gasteiger partial charge is 0.380 e. The maximum atomic E-state index is 10.9. The van der Waals surface area contributed by atoms with Crippen LogP contribution in [0.4, 0.5) is 0 Å². The molecule has 0 spiro atoms. The smallest absolute Gasteiger partial charge is 0.371 e. The predicted octanol–water partition coefficient (Wildman–Crippen LogP) is 2.08. The minimum Gasteiger partial charge on any atom is -0.371 e. The van der Waals surface area contributed by atoms with Gasteiger partial charge in [-0.25, -0.2) is 4.68 Å². The fraction of sp³-hybridized carbons (Fsp3) is 0.125. The van der Waals surface area contributed by atoms with Gasteiger partial charge in [0.05, 0.1) is 11.9 Å². The molecular formula is C16H16N4O3S. The fourth-order valence-electron chi connectivity index (χ4n) is 2.26. The molecule has 24 heavy (non-hydrogen) atoms. The van der Waals surface area contributed by atoms with Gasteiger partial charge < -0.3 is 4.18 Å². The summed E-state index contributed by atoms with van der Waals surface area (Å²) < 4.78 is 28.1. The first-order valence-electron chi connectivity index (χ1n) is 7.29. The summed E-state index contributed by atoms with van der Waals surface area (Å²) in [5, 5.41) is 13.1. The molecule has 3 aromatic rings. The lowest BCUT2D eigenvalue weighted by Gasteiger charge is -2.03. The summed E-state index contributed by atoms with van der Waals surface area (Å²) in [5.74, 6) is 0.143. The number of hydrogen-bond donors (Lipinski definition) is 1. The van der Waals surface area contributed by atoms with Gasteiger partial charge in [0.15, 0.2) is 0 Å². The van der Waals surface area contributed by atoms with Gasteiger partial charge in [-0.2, -0.15) is 13.6 Å². The highest BCUT2D eigenvalue weighted by molar-refractivity contribution is 7.84. The van der Waals surface area contributed by atoms with Crippen molar-refractivity contribution >= 4 is 10.3 Å². The summed E-state index contributed by atoms with van der Waals surface area (Å²) >= 11 is 0. The second kappa shape index (κ2) is 6.42. The number of aromatic nitrogens is 3. The molecule has 0 fully saturated rings. The van der Waals surface area contributed by atoms with Gasteiger partial charge in [0.1, 0.15) is 11.4 Å². The summed E-state index contributed by atoms with van der Waals surface area (Å²) in [5.41, 5.74) is 3.60. The lowest BCUT2D eigenvalue weighted by molar-refractivity contribution is 0.488. The number of rotatable bonds is 5. The van der Waals surface area contributed by atoms with Crippen molar-refractivity contribution in [1.82, 2.24) is 15.0 Å². The zero-order valence-corrected chi connectivity index (χ0v) is 13.8. The molecule has 2 aromatic carbocycles. The minimum absolute atomic E-state index is 0.143. The molecule has 0 saturated heterocycles. The highest BCUT2D eigenvalue weighted by Gasteiger charge is 2.08. The summed E-state index contributed by atoms with van der Waals surface area (Å²) in [6.07, 6.45) is 2.76. The van der Waals surface area contributed by atoms with Crippen LogP contribution in [0.25, 0.3) is 16.9 Å². The number of benzene rings is 2. The average Bonchev–Trinajstić information content (AvgIpc) is 3.04. The van der Waals surface area contributed by atoms with Crippen LogP contribution < -0.4 is 9.32 Å². The van der Waals surface area contributed by atoms with Crippen molar-refractivity contribution in [1.29, 1.82) is 0 Å². The first kappa shape index (κ1) is 16.2. The summed E-state index contributed by atoms with van der Waals surface area (Å²) in [6, 6.07) is 14.5. The summed E-state index contributed by atoms with van der Waals surface area (Å²) in [7, 11) is -4.03. The zero-order chi connectivity index (χ0) is 17.2. The van der Waals surface area contributed by atoms with Gasteiger partial charge in [-0.05, 0) is 48.4 Å². The van der Waals surface area contributed by atoms with Crippen LogP contribution >= 0.6 is 0 Å². The van der Waals surface area contributed by atoms with E-state index < -0.39 is 10.3 Å². The molecule has 0 bridgehead atoms. The molecule has 0 amide bonds. The van der Waals surface area contributed by atoms with E-state index in [1.807, 2.05) is 18.3 Å². The van der Waals surface area contributed by atoms with Crippen LogP contribution in [0.2, 0.25) is 0 Å². The Morgan fingerprint density at radius 3 is 2.58 bits per heavy atom.